The zero-order valence-electron chi connectivity index (χ0n) is 18.0. The number of hydrogen-bond donors (Lipinski definition) is 0. The molecule has 0 bridgehead atoms. The van der Waals surface area contributed by atoms with Gasteiger partial charge in [0.2, 0.25) is 0 Å². The molecular formula is C20H44Cl2P2Ti. The molecule has 0 aromatic carbocycles. The number of hydrogen-bond acceptors (Lipinski definition) is 0. The molecule has 0 amide bonds. The smallest absolute Gasteiger partial charge is 1.00 e. The Morgan fingerprint density at radius 3 is 1.68 bits per heavy atom. The summed E-state index contributed by atoms with van der Waals surface area (Å²) in [4.78, 5) is 0. The summed E-state index contributed by atoms with van der Waals surface area (Å²) < 4.78 is 0. The third kappa shape index (κ3) is 13.1. The predicted molar refractivity (Wildman–Crippen MR) is 112 cm³/mol. The van der Waals surface area contributed by atoms with Crippen LogP contribution in [0.3, 0.4) is 0 Å². The van der Waals surface area contributed by atoms with Crippen LogP contribution in [0.2, 0.25) is 0 Å². The van der Waals surface area contributed by atoms with Crippen molar-refractivity contribution in [2.45, 2.75) is 111 Å². The molecule has 1 rings (SSSR count). The molecule has 0 aliphatic heterocycles. The van der Waals surface area contributed by atoms with Gasteiger partial charge in [0.1, 0.15) is 0 Å². The fourth-order valence-corrected chi connectivity index (χ4v) is 5.96. The van der Waals surface area contributed by atoms with Gasteiger partial charge in [-0.05, 0) is 53.5 Å². The quantitative estimate of drug-likeness (QED) is 0.411. The van der Waals surface area contributed by atoms with Gasteiger partial charge in [-0.2, -0.15) is 0 Å². The maximum absolute atomic E-state index is 2.66. The molecule has 25 heavy (non-hydrogen) atoms. The molecule has 5 atom stereocenters. The molecule has 0 radical (unpaired) electrons. The average molecular weight is 465 g/mol. The first kappa shape index (κ1) is 34.6. The summed E-state index contributed by atoms with van der Waals surface area (Å²) in [5.41, 5.74) is 3.34. The van der Waals surface area contributed by atoms with E-state index in [1.54, 1.807) is 0 Å². The molecule has 152 valence electrons. The largest absolute Gasteiger partial charge is 2.00 e. The van der Waals surface area contributed by atoms with E-state index in [1.807, 2.05) is 0 Å². The van der Waals surface area contributed by atoms with Crippen LogP contribution >= 0.6 is 17.8 Å². The van der Waals surface area contributed by atoms with Crippen LogP contribution in [0.25, 0.3) is 0 Å². The van der Waals surface area contributed by atoms with E-state index < -0.39 is 0 Å². The van der Waals surface area contributed by atoms with E-state index in [1.165, 1.54) is 47.1 Å². The zero-order chi connectivity index (χ0) is 17.3. The second kappa shape index (κ2) is 18.2. The Morgan fingerprint density at radius 2 is 1.36 bits per heavy atom. The molecule has 0 aromatic heterocycles. The zero-order valence-corrected chi connectivity index (χ0v) is 23.2. The van der Waals surface area contributed by atoms with Crippen LogP contribution in [0.15, 0.2) is 0 Å². The summed E-state index contributed by atoms with van der Waals surface area (Å²) >= 11 is 0. The Hall–Kier alpha value is 2.15. The molecule has 5 unspecified atom stereocenters. The molecule has 0 saturated heterocycles. The first-order valence-electron chi connectivity index (χ1n) is 9.71. The van der Waals surface area contributed by atoms with Crippen molar-refractivity contribution in [2.75, 3.05) is 0 Å². The van der Waals surface area contributed by atoms with Crippen molar-refractivity contribution >= 4 is 17.8 Å². The Balaban J connectivity index is -0.000000285. The van der Waals surface area contributed by atoms with Crippen LogP contribution in [0.1, 0.15) is 93.9 Å². The van der Waals surface area contributed by atoms with Gasteiger partial charge < -0.3 is 24.8 Å². The Morgan fingerprint density at radius 1 is 0.960 bits per heavy atom. The Kier molecular flexibility index (Phi) is 25.2. The van der Waals surface area contributed by atoms with Crippen molar-refractivity contribution in [3.05, 3.63) is 0 Å². The first-order valence-corrected chi connectivity index (χ1v) is 11.5. The average Bonchev–Trinajstić information content (AvgIpc) is 2.44. The van der Waals surface area contributed by atoms with Gasteiger partial charge in [0.05, 0.1) is 0 Å². The maximum Gasteiger partial charge on any atom is 2.00 e. The number of rotatable bonds is 6. The van der Waals surface area contributed by atoms with Crippen LogP contribution in [0, 0.1) is 17.3 Å². The van der Waals surface area contributed by atoms with Crippen molar-refractivity contribution < 1.29 is 46.5 Å². The van der Waals surface area contributed by atoms with E-state index in [0.29, 0.717) is 5.41 Å². The maximum atomic E-state index is 2.66. The third-order valence-electron chi connectivity index (χ3n) is 5.58. The van der Waals surface area contributed by atoms with Gasteiger partial charge in [0.25, 0.3) is 0 Å². The van der Waals surface area contributed by atoms with E-state index >= 15 is 0 Å². The minimum atomic E-state index is 0. The summed E-state index contributed by atoms with van der Waals surface area (Å²) in [5.74, 6) is 1.82. The van der Waals surface area contributed by atoms with Crippen molar-refractivity contribution in [2.24, 2.45) is 17.3 Å². The molecule has 1 aliphatic rings. The molecular weight excluding hydrogens is 421 g/mol. The standard InChI is InChI=1S/C17H35P.C3H9P.2ClH.Ti/c1-7-14(5)17(15(6)8-2)11-9-10-16(12-17)18-13(3)4;1-3(2)4;;;/h13-16,18H,7-12H2,1-6H3;3H,4H2,1-2H3;2*1H;/q;;;;+2/p-2. The van der Waals surface area contributed by atoms with Crippen molar-refractivity contribution in [3.8, 4) is 0 Å². The van der Waals surface area contributed by atoms with E-state index in [4.69, 9.17) is 0 Å². The third-order valence-corrected chi connectivity index (χ3v) is 7.21. The van der Waals surface area contributed by atoms with Gasteiger partial charge >= 0.3 is 21.7 Å². The second-order valence-corrected chi connectivity index (χ2v) is 11.8. The fourth-order valence-electron chi connectivity index (χ4n) is 4.15. The molecule has 1 saturated carbocycles. The molecule has 0 spiro atoms. The summed E-state index contributed by atoms with van der Waals surface area (Å²) in [6.45, 7) is 18.9. The monoisotopic (exact) mass is 464 g/mol. The minimum Gasteiger partial charge on any atom is -1.00 e. The molecule has 0 N–H and O–H groups in total. The van der Waals surface area contributed by atoms with Crippen LogP contribution in [0.4, 0.5) is 0 Å². The fraction of sp³-hybridized carbons (Fsp3) is 1.00. The first-order chi connectivity index (χ1) is 10.2. The van der Waals surface area contributed by atoms with Gasteiger partial charge in [-0.15, -0.1) is 17.8 Å². The van der Waals surface area contributed by atoms with Crippen LogP contribution in [-0.2, 0) is 21.7 Å². The van der Waals surface area contributed by atoms with Gasteiger partial charge in [-0.25, -0.2) is 0 Å². The second-order valence-electron chi connectivity index (χ2n) is 8.21. The molecule has 0 heterocycles. The van der Waals surface area contributed by atoms with Gasteiger partial charge in [-0.1, -0.05) is 74.7 Å². The van der Waals surface area contributed by atoms with Crippen LogP contribution in [-0.4, -0.2) is 17.0 Å². The SMILES string of the molecule is CC(C)P.CCC(C)C1(C(C)CC)CCCC(PC(C)C)C1.[Cl-].[Cl-].[Ti+2]. The van der Waals surface area contributed by atoms with E-state index in [-0.39, 0.29) is 46.5 Å². The van der Waals surface area contributed by atoms with Crippen LogP contribution < -0.4 is 24.8 Å². The molecule has 0 nitrogen and oxygen atoms in total. The summed E-state index contributed by atoms with van der Waals surface area (Å²) in [5, 5.41) is 0. The summed E-state index contributed by atoms with van der Waals surface area (Å²) in [7, 11) is 3.85. The summed E-state index contributed by atoms with van der Waals surface area (Å²) in [6, 6.07) is 0. The molecule has 1 fully saturated rings. The van der Waals surface area contributed by atoms with Crippen molar-refractivity contribution in [1.82, 2.24) is 0 Å². The number of halogens is 2. The minimum absolute atomic E-state index is 0. The van der Waals surface area contributed by atoms with Gasteiger partial charge in [0.15, 0.2) is 0 Å². The van der Waals surface area contributed by atoms with Gasteiger partial charge in [-0.3, -0.25) is 0 Å². The molecule has 1 aliphatic carbocycles. The molecule has 0 aromatic rings. The molecule has 5 heteroatoms. The summed E-state index contributed by atoms with van der Waals surface area (Å²) in [6.07, 6.45) is 8.73. The topological polar surface area (TPSA) is 0 Å². The van der Waals surface area contributed by atoms with Crippen molar-refractivity contribution in [1.29, 1.82) is 0 Å². The normalized spacial score (nSPS) is 25.3. The van der Waals surface area contributed by atoms with Crippen LogP contribution in [0.5, 0.6) is 0 Å². The Bertz CT molecular complexity index is 276. The van der Waals surface area contributed by atoms with E-state index in [2.05, 4.69) is 64.6 Å². The van der Waals surface area contributed by atoms with E-state index in [0.717, 1.165) is 28.8 Å². The van der Waals surface area contributed by atoms with Crippen molar-refractivity contribution in [3.63, 3.8) is 0 Å². The predicted octanol–water partition coefficient (Wildman–Crippen LogP) is 1.37. The van der Waals surface area contributed by atoms with E-state index in [9.17, 15) is 0 Å². The van der Waals surface area contributed by atoms with Gasteiger partial charge in [0, 0.05) is 0 Å². The Labute approximate surface area is 191 Å².